The summed E-state index contributed by atoms with van der Waals surface area (Å²) < 4.78 is 1.97. The number of piperazine rings is 1. The predicted octanol–water partition coefficient (Wildman–Crippen LogP) is 2.80. The number of rotatable bonds is 2. The number of hydrogen-bond acceptors (Lipinski definition) is 4. The molecule has 1 fully saturated rings. The number of carbonyl (C=O) groups is 2. The van der Waals surface area contributed by atoms with Gasteiger partial charge in [0.1, 0.15) is 11.3 Å². The van der Waals surface area contributed by atoms with E-state index >= 15 is 0 Å². The Labute approximate surface area is 175 Å². The average Bonchev–Trinajstić information content (AvgIpc) is 3.17. The lowest BCUT2D eigenvalue weighted by molar-refractivity contribution is -0.116. The Morgan fingerprint density at radius 1 is 1.03 bits per heavy atom. The molecule has 0 bridgehead atoms. The fourth-order valence-electron chi connectivity index (χ4n) is 4.42. The molecule has 3 aromatic rings. The summed E-state index contributed by atoms with van der Waals surface area (Å²) in [6.07, 6.45) is 3.16. The van der Waals surface area contributed by atoms with Gasteiger partial charge in [0.15, 0.2) is 0 Å². The molecule has 0 saturated carbocycles. The second kappa shape index (κ2) is 7.16. The maximum atomic E-state index is 13.0. The second-order valence-electron chi connectivity index (χ2n) is 8.20. The number of fused-ring (bicyclic) bond motifs is 2. The zero-order valence-electron chi connectivity index (χ0n) is 17.3. The maximum absolute atomic E-state index is 13.0. The van der Waals surface area contributed by atoms with Crippen molar-refractivity contribution >= 4 is 28.8 Å². The second-order valence-corrected chi connectivity index (χ2v) is 8.20. The molecule has 0 atom stereocenters. The van der Waals surface area contributed by atoms with Crippen molar-refractivity contribution in [3.8, 4) is 0 Å². The van der Waals surface area contributed by atoms with E-state index in [0.717, 1.165) is 47.8 Å². The third-order valence-electron chi connectivity index (χ3n) is 6.04. The molecule has 0 unspecified atom stereocenters. The van der Waals surface area contributed by atoms with Crippen molar-refractivity contribution in [2.24, 2.45) is 0 Å². The zero-order valence-corrected chi connectivity index (χ0v) is 17.3. The van der Waals surface area contributed by atoms with Crippen LogP contribution in [0.25, 0.3) is 5.65 Å². The Hall–Kier alpha value is -3.35. The first-order valence-electron chi connectivity index (χ1n) is 10.4. The fourth-order valence-corrected chi connectivity index (χ4v) is 4.42. The summed E-state index contributed by atoms with van der Waals surface area (Å²) in [4.78, 5) is 33.3. The summed E-state index contributed by atoms with van der Waals surface area (Å²) in [5.41, 5.74) is 6.78. The SMILES string of the molecule is Cc1cc(C)n2cc(C(=O)N3CCN(c4ccc5c(c4)CCC(=O)N5)CC3)nc2c1. The Kier molecular flexibility index (Phi) is 4.46. The summed E-state index contributed by atoms with van der Waals surface area (Å²) in [6.45, 7) is 6.96. The monoisotopic (exact) mass is 403 g/mol. The van der Waals surface area contributed by atoms with Gasteiger partial charge in [-0.05, 0) is 61.7 Å². The van der Waals surface area contributed by atoms with Gasteiger partial charge >= 0.3 is 0 Å². The molecule has 7 nitrogen and oxygen atoms in total. The Morgan fingerprint density at radius 3 is 2.63 bits per heavy atom. The minimum atomic E-state index is -0.0106. The van der Waals surface area contributed by atoms with Crippen molar-refractivity contribution in [1.29, 1.82) is 0 Å². The first-order chi connectivity index (χ1) is 14.5. The first-order valence-corrected chi connectivity index (χ1v) is 10.4. The van der Waals surface area contributed by atoms with E-state index in [1.54, 1.807) is 0 Å². The molecule has 30 heavy (non-hydrogen) atoms. The fraction of sp³-hybridized carbons (Fsp3) is 0.348. The molecule has 2 aliphatic rings. The molecule has 5 rings (SSSR count). The Morgan fingerprint density at radius 2 is 1.83 bits per heavy atom. The van der Waals surface area contributed by atoms with Crippen LogP contribution in [-0.2, 0) is 11.2 Å². The van der Waals surface area contributed by atoms with Crippen LogP contribution in [0.2, 0.25) is 0 Å². The van der Waals surface area contributed by atoms with Crippen molar-refractivity contribution in [2.75, 3.05) is 36.4 Å². The summed E-state index contributed by atoms with van der Waals surface area (Å²) in [6, 6.07) is 10.3. The highest BCUT2D eigenvalue weighted by Crippen LogP contribution is 2.28. The van der Waals surface area contributed by atoms with Gasteiger partial charge in [-0.3, -0.25) is 9.59 Å². The number of hydrogen-bond donors (Lipinski definition) is 1. The number of anilines is 2. The standard InChI is InChI=1S/C23H25N5O2/c1-15-11-16(2)28-14-20(24-21(28)12-15)23(30)27-9-7-26(8-10-27)18-4-5-19-17(13-18)3-6-22(29)25-19/h4-5,11-14H,3,6-10H2,1-2H3,(H,25,29). The lowest BCUT2D eigenvalue weighted by atomic mass is 10.0. The number of nitrogens with zero attached hydrogens (tertiary/aromatic N) is 4. The van der Waals surface area contributed by atoms with Gasteiger partial charge in [0, 0.05) is 55.9 Å². The summed E-state index contributed by atoms with van der Waals surface area (Å²) in [7, 11) is 0. The number of nitrogens with one attached hydrogen (secondary N) is 1. The van der Waals surface area contributed by atoms with E-state index in [1.165, 1.54) is 5.56 Å². The van der Waals surface area contributed by atoms with Crippen LogP contribution in [0.3, 0.4) is 0 Å². The molecular formula is C23H25N5O2. The molecular weight excluding hydrogens is 378 g/mol. The molecule has 2 amide bonds. The van der Waals surface area contributed by atoms with E-state index in [2.05, 4.69) is 33.4 Å². The van der Waals surface area contributed by atoms with Crippen molar-refractivity contribution in [2.45, 2.75) is 26.7 Å². The van der Waals surface area contributed by atoms with Gasteiger partial charge in [0.05, 0.1) is 0 Å². The van der Waals surface area contributed by atoms with E-state index in [0.29, 0.717) is 25.2 Å². The van der Waals surface area contributed by atoms with Crippen LogP contribution in [0.5, 0.6) is 0 Å². The minimum absolute atomic E-state index is 0.0106. The Bertz CT molecular complexity index is 1160. The first kappa shape index (κ1) is 18.7. The smallest absolute Gasteiger partial charge is 0.274 e. The number of carbonyl (C=O) groups excluding carboxylic acids is 2. The number of pyridine rings is 1. The molecule has 4 heterocycles. The predicted molar refractivity (Wildman–Crippen MR) is 116 cm³/mol. The molecule has 7 heteroatoms. The highest BCUT2D eigenvalue weighted by molar-refractivity contribution is 5.94. The molecule has 0 spiro atoms. The molecule has 0 aliphatic carbocycles. The van der Waals surface area contributed by atoms with Crippen molar-refractivity contribution < 1.29 is 9.59 Å². The summed E-state index contributed by atoms with van der Waals surface area (Å²) in [5.74, 6) is 0.0724. The molecule has 1 aromatic carbocycles. The molecule has 2 aliphatic heterocycles. The number of benzene rings is 1. The molecule has 154 valence electrons. The number of aromatic nitrogens is 2. The third-order valence-corrected chi connectivity index (χ3v) is 6.04. The van der Waals surface area contributed by atoms with E-state index < -0.39 is 0 Å². The lowest BCUT2D eigenvalue weighted by Crippen LogP contribution is -2.49. The van der Waals surface area contributed by atoms with E-state index in [4.69, 9.17) is 0 Å². The highest BCUT2D eigenvalue weighted by atomic mass is 16.2. The molecule has 2 aromatic heterocycles. The van der Waals surface area contributed by atoms with Crippen LogP contribution >= 0.6 is 0 Å². The number of amides is 2. The number of imidazole rings is 1. The van der Waals surface area contributed by atoms with Crippen LogP contribution in [0, 0.1) is 13.8 Å². The molecule has 1 N–H and O–H groups in total. The minimum Gasteiger partial charge on any atom is -0.368 e. The van der Waals surface area contributed by atoms with E-state index in [-0.39, 0.29) is 11.8 Å². The van der Waals surface area contributed by atoms with Crippen LogP contribution in [-0.4, -0.2) is 52.3 Å². The van der Waals surface area contributed by atoms with Crippen LogP contribution in [0.1, 0.15) is 33.7 Å². The van der Waals surface area contributed by atoms with E-state index in [1.807, 2.05) is 41.5 Å². The molecule has 1 saturated heterocycles. The maximum Gasteiger partial charge on any atom is 0.274 e. The quantitative estimate of drug-likeness (QED) is 0.714. The van der Waals surface area contributed by atoms with Crippen molar-refractivity contribution in [1.82, 2.24) is 14.3 Å². The van der Waals surface area contributed by atoms with Gasteiger partial charge in [0.25, 0.3) is 5.91 Å². The highest BCUT2D eigenvalue weighted by Gasteiger charge is 2.25. The van der Waals surface area contributed by atoms with Gasteiger partial charge in [-0.2, -0.15) is 0 Å². The van der Waals surface area contributed by atoms with Gasteiger partial charge in [-0.1, -0.05) is 0 Å². The van der Waals surface area contributed by atoms with Crippen molar-refractivity contribution in [3.05, 3.63) is 59.0 Å². The topological polar surface area (TPSA) is 70.0 Å². The van der Waals surface area contributed by atoms with Gasteiger partial charge in [0.2, 0.25) is 5.91 Å². The summed E-state index contributed by atoms with van der Waals surface area (Å²) >= 11 is 0. The van der Waals surface area contributed by atoms with Crippen molar-refractivity contribution in [3.63, 3.8) is 0 Å². The lowest BCUT2D eigenvalue weighted by Gasteiger charge is -2.36. The Balaban J connectivity index is 1.28. The molecule has 0 radical (unpaired) electrons. The normalized spacial score (nSPS) is 16.5. The van der Waals surface area contributed by atoms with Gasteiger partial charge in [-0.15, -0.1) is 0 Å². The van der Waals surface area contributed by atoms with Gasteiger partial charge in [-0.25, -0.2) is 4.98 Å². The zero-order chi connectivity index (χ0) is 20.8. The van der Waals surface area contributed by atoms with Crippen LogP contribution in [0.4, 0.5) is 11.4 Å². The van der Waals surface area contributed by atoms with Gasteiger partial charge < -0.3 is 19.5 Å². The van der Waals surface area contributed by atoms with Crippen LogP contribution in [0.15, 0.2) is 36.5 Å². The largest absolute Gasteiger partial charge is 0.368 e. The van der Waals surface area contributed by atoms with Crippen LogP contribution < -0.4 is 10.2 Å². The summed E-state index contributed by atoms with van der Waals surface area (Å²) in [5, 5.41) is 2.93. The third kappa shape index (κ3) is 3.30. The number of aryl methyl sites for hydroxylation is 3. The van der Waals surface area contributed by atoms with E-state index in [9.17, 15) is 9.59 Å². The average molecular weight is 403 g/mol.